The number of unbranched alkanes of at least 4 members (excludes halogenated alkanes) is 3. The Hall–Kier alpha value is -2.92. The van der Waals surface area contributed by atoms with Crippen LogP contribution in [0.3, 0.4) is 0 Å². The summed E-state index contributed by atoms with van der Waals surface area (Å²) >= 11 is 0. The number of nitrogens with zero attached hydrogens (tertiary/aromatic N) is 1. The van der Waals surface area contributed by atoms with Crippen LogP contribution in [0.15, 0.2) is 58.3 Å². The Labute approximate surface area is 283 Å². The molecule has 0 amide bonds. The van der Waals surface area contributed by atoms with Gasteiger partial charge in [0.05, 0.1) is 36.0 Å². The average Bonchev–Trinajstić information content (AvgIpc) is 3.04. The van der Waals surface area contributed by atoms with Crippen molar-refractivity contribution < 1.29 is 65.2 Å². The van der Waals surface area contributed by atoms with Gasteiger partial charge in [0, 0.05) is 0 Å². The van der Waals surface area contributed by atoms with Gasteiger partial charge < -0.3 is 4.48 Å². The van der Waals surface area contributed by atoms with Gasteiger partial charge >= 0.3 is 22.9 Å². The minimum absolute atomic E-state index is 0.0193. The molecule has 4 aromatic rings. The first-order chi connectivity index (χ1) is 23.0. The molecular weight excluding hydrogens is 728 g/mol. The maximum atomic E-state index is 13.7. The van der Waals surface area contributed by atoms with E-state index in [-0.39, 0.29) is 32.3 Å². The molecular formula is C33H36F10NO4S2+. The van der Waals surface area contributed by atoms with Gasteiger partial charge in [-0.15, -0.1) is 0 Å². The Kier molecular flexibility index (Phi) is 11.1. The Bertz CT molecular complexity index is 1840. The lowest BCUT2D eigenvalue weighted by Gasteiger charge is -2.41. The lowest BCUT2D eigenvalue weighted by Crippen LogP contribution is -2.51. The number of piperidine rings is 1. The second-order valence-electron chi connectivity index (χ2n) is 12.6. The standard InChI is InChI=1S/C20H8F10O4S2.C13H28N/c21-17(22,23)19(27,28)35(31,32)13-5-9-1-2-10-6-14(36(33,34)20(29,30)18(24,25)26)8-12-4-3-11(7-13)15(9)16(10)12;1-3-5-6-8-11-14(4-2)12-9-7-10-13-14/h1-8H;3-13H2,1-2H3/q;+1. The minimum atomic E-state index is -6.43. The second kappa shape index (κ2) is 13.9. The van der Waals surface area contributed by atoms with Crippen molar-refractivity contribution in [3.8, 4) is 0 Å². The number of alkyl halides is 10. The Morgan fingerprint density at radius 1 is 0.560 bits per heavy atom. The maximum Gasteiger partial charge on any atom is 0.469 e. The topological polar surface area (TPSA) is 68.3 Å². The van der Waals surface area contributed by atoms with Crippen molar-refractivity contribution in [3.63, 3.8) is 0 Å². The van der Waals surface area contributed by atoms with E-state index in [0.717, 1.165) is 24.3 Å². The van der Waals surface area contributed by atoms with Crippen molar-refractivity contribution in [1.82, 2.24) is 0 Å². The zero-order valence-electron chi connectivity index (χ0n) is 27.1. The zero-order valence-corrected chi connectivity index (χ0v) is 28.7. The summed E-state index contributed by atoms with van der Waals surface area (Å²) in [5.41, 5.74) is 0. The molecule has 0 spiro atoms. The molecule has 0 atom stereocenters. The first kappa shape index (κ1) is 39.9. The zero-order chi connectivity index (χ0) is 37.6. The molecule has 0 saturated carbocycles. The molecule has 0 radical (unpaired) electrons. The molecule has 0 aliphatic carbocycles. The van der Waals surface area contributed by atoms with Crippen LogP contribution in [0.25, 0.3) is 32.3 Å². The second-order valence-corrected chi connectivity index (χ2v) is 16.6. The average molecular weight is 765 g/mol. The van der Waals surface area contributed by atoms with Crippen LogP contribution >= 0.6 is 0 Å². The molecule has 1 saturated heterocycles. The fourth-order valence-corrected chi connectivity index (χ4v) is 8.78. The van der Waals surface area contributed by atoms with E-state index in [4.69, 9.17) is 0 Å². The van der Waals surface area contributed by atoms with E-state index in [1.165, 1.54) is 75.6 Å². The molecule has 1 fully saturated rings. The van der Waals surface area contributed by atoms with Crippen LogP contribution in [-0.4, -0.2) is 70.4 Å². The van der Waals surface area contributed by atoms with E-state index >= 15 is 0 Å². The molecule has 17 heteroatoms. The molecule has 0 bridgehead atoms. The Balaban J connectivity index is 0.000000337. The third-order valence-electron chi connectivity index (χ3n) is 9.36. The molecule has 5 nitrogen and oxygen atoms in total. The van der Waals surface area contributed by atoms with E-state index in [1.54, 1.807) is 0 Å². The molecule has 4 aromatic carbocycles. The van der Waals surface area contributed by atoms with E-state index in [1.807, 2.05) is 0 Å². The highest BCUT2D eigenvalue weighted by molar-refractivity contribution is 7.92. The van der Waals surface area contributed by atoms with Gasteiger partial charge in [0.2, 0.25) is 0 Å². The van der Waals surface area contributed by atoms with Gasteiger partial charge in [-0.25, -0.2) is 16.8 Å². The Morgan fingerprint density at radius 2 is 0.920 bits per heavy atom. The quantitative estimate of drug-likeness (QED) is 0.0698. The van der Waals surface area contributed by atoms with Gasteiger partial charge in [0.15, 0.2) is 0 Å². The number of rotatable bonds is 10. The summed E-state index contributed by atoms with van der Waals surface area (Å²) in [5.74, 6) is 0. The maximum absolute atomic E-state index is 13.7. The van der Waals surface area contributed by atoms with Crippen molar-refractivity contribution in [1.29, 1.82) is 0 Å². The summed E-state index contributed by atoms with van der Waals surface area (Å²) in [7, 11) is -12.5. The van der Waals surface area contributed by atoms with Gasteiger partial charge in [-0.2, -0.15) is 43.9 Å². The molecule has 5 rings (SSSR count). The number of halogens is 10. The van der Waals surface area contributed by atoms with E-state index in [2.05, 4.69) is 13.8 Å². The van der Waals surface area contributed by atoms with Gasteiger partial charge in [0.25, 0.3) is 19.7 Å². The lowest BCUT2D eigenvalue weighted by atomic mass is 9.94. The minimum Gasteiger partial charge on any atom is -0.324 e. The summed E-state index contributed by atoms with van der Waals surface area (Å²) in [4.78, 5) is -2.77. The Morgan fingerprint density at radius 3 is 1.22 bits per heavy atom. The lowest BCUT2D eigenvalue weighted by molar-refractivity contribution is -0.931. The first-order valence-corrected chi connectivity index (χ1v) is 18.9. The molecule has 1 aliphatic heterocycles. The smallest absolute Gasteiger partial charge is 0.324 e. The van der Waals surface area contributed by atoms with Crippen LogP contribution in [-0.2, 0) is 19.7 Å². The fourth-order valence-electron chi connectivity index (χ4n) is 6.45. The number of hydrogen-bond donors (Lipinski definition) is 0. The predicted molar refractivity (Wildman–Crippen MR) is 170 cm³/mol. The molecule has 278 valence electrons. The summed E-state index contributed by atoms with van der Waals surface area (Å²) < 4.78 is 181. The van der Waals surface area contributed by atoms with Crippen LogP contribution in [0.1, 0.15) is 58.8 Å². The number of hydrogen-bond acceptors (Lipinski definition) is 4. The molecule has 1 aliphatic rings. The van der Waals surface area contributed by atoms with E-state index in [0.29, 0.717) is 24.3 Å². The third kappa shape index (κ3) is 7.10. The van der Waals surface area contributed by atoms with Crippen molar-refractivity contribution in [2.75, 3.05) is 26.2 Å². The molecule has 0 aromatic heterocycles. The monoisotopic (exact) mass is 764 g/mol. The SMILES string of the molecule is CCCCCC[N+]1(CC)CCCCC1.O=S(=O)(c1cc2ccc3cc(S(=O)(=O)C(F)(F)C(F)(F)F)cc4ccc(c1)c2c34)C(F)(F)C(F)(F)F. The highest BCUT2D eigenvalue weighted by atomic mass is 32.2. The van der Waals surface area contributed by atoms with Crippen molar-refractivity contribution in [3.05, 3.63) is 48.5 Å². The van der Waals surface area contributed by atoms with Crippen LogP contribution in [0, 0.1) is 0 Å². The van der Waals surface area contributed by atoms with E-state index < -0.39 is 52.3 Å². The van der Waals surface area contributed by atoms with E-state index in [9.17, 15) is 60.7 Å². The normalized spacial score (nSPS) is 16.6. The predicted octanol–water partition coefficient (Wildman–Crippen LogP) is 10.0. The number of benzene rings is 4. The molecule has 1 heterocycles. The number of likely N-dealkylation sites (tertiary alicyclic amines) is 1. The largest absolute Gasteiger partial charge is 0.469 e. The third-order valence-corrected chi connectivity index (χ3v) is 12.9. The van der Waals surface area contributed by atoms with Crippen molar-refractivity contribution >= 4 is 52.0 Å². The first-order valence-electron chi connectivity index (χ1n) is 15.9. The fraction of sp³-hybridized carbons (Fsp3) is 0.515. The van der Waals surface area contributed by atoms with Crippen LogP contribution < -0.4 is 0 Å². The van der Waals surface area contributed by atoms with Crippen LogP contribution in [0.4, 0.5) is 43.9 Å². The summed E-state index contributed by atoms with van der Waals surface area (Å²) in [6, 6.07) is 5.91. The van der Waals surface area contributed by atoms with Gasteiger partial charge in [-0.05, 0) is 95.6 Å². The molecule has 50 heavy (non-hydrogen) atoms. The highest BCUT2D eigenvalue weighted by Crippen LogP contribution is 2.47. The summed E-state index contributed by atoms with van der Waals surface area (Å²) in [5, 5.41) is -13.0. The number of quaternary nitrogens is 1. The summed E-state index contributed by atoms with van der Waals surface area (Å²) in [6.07, 6.45) is -2.71. The van der Waals surface area contributed by atoms with Gasteiger partial charge in [-0.3, -0.25) is 0 Å². The van der Waals surface area contributed by atoms with Gasteiger partial charge in [0.1, 0.15) is 0 Å². The van der Waals surface area contributed by atoms with Crippen molar-refractivity contribution in [2.45, 2.75) is 91.4 Å². The van der Waals surface area contributed by atoms with Crippen molar-refractivity contribution in [2.24, 2.45) is 0 Å². The van der Waals surface area contributed by atoms with Crippen LogP contribution in [0.2, 0.25) is 0 Å². The number of sulfone groups is 2. The highest BCUT2D eigenvalue weighted by Gasteiger charge is 2.68. The van der Waals surface area contributed by atoms with Crippen LogP contribution in [0.5, 0.6) is 0 Å². The van der Waals surface area contributed by atoms with Gasteiger partial charge in [-0.1, -0.05) is 44.0 Å². The summed E-state index contributed by atoms with van der Waals surface area (Å²) in [6.45, 7) is 10.4. The molecule has 0 N–H and O–H groups in total. The molecule has 0 unspecified atom stereocenters.